The zero-order valence-electron chi connectivity index (χ0n) is 10.7. The molecule has 0 aromatic heterocycles. The molecule has 0 fully saturated rings. The summed E-state index contributed by atoms with van der Waals surface area (Å²) in [4.78, 5) is 12.5. The SMILES string of the molecule is O=C(c1cc(F)ccc1F)C1NCCc2ccccc21. The Morgan fingerprint density at radius 2 is 1.95 bits per heavy atom. The summed E-state index contributed by atoms with van der Waals surface area (Å²) < 4.78 is 27.0. The first-order chi connectivity index (χ1) is 9.66. The Morgan fingerprint density at radius 1 is 1.15 bits per heavy atom. The lowest BCUT2D eigenvalue weighted by Crippen LogP contribution is -2.35. The zero-order valence-corrected chi connectivity index (χ0v) is 10.7. The third-order valence-electron chi connectivity index (χ3n) is 3.56. The van der Waals surface area contributed by atoms with E-state index >= 15 is 0 Å². The van der Waals surface area contributed by atoms with Crippen LogP contribution >= 0.6 is 0 Å². The van der Waals surface area contributed by atoms with Crippen LogP contribution in [0.4, 0.5) is 8.78 Å². The number of rotatable bonds is 2. The largest absolute Gasteiger partial charge is 0.303 e. The lowest BCUT2D eigenvalue weighted by atomic mass is 9.89. The van der Waals surface area contributed by atoms with E-state index in [1.807, 2.05) is 24.3 Å². The molecule has 1 aliphatic rings. The van der Waals surface area contributed by atoms with Crippen LogP contribution in [0.3, 0.4) is 0 Å². The van der Waals surface area contributed by atoms with Crippen LogP contribution in [0.2, 0.25) is 0 Å². The highest BCUT2D eigenvalue weighted by Crippen LogP contribution is 2.26. The molecule has 1 aliphatic heterocycles. The highest BCUT2D eigenvalue weighted by Gasteiger charge is 2.28. The second-order valence-corrected chi connectivity index (χ2v) is 4.82. The molecule has 0 aliphatic carbocycles. The van der Waals surface area contributed by atoms with Crippen LogP contribution in [0, 0.1) is 11.6 Å². The molecule has 1 heterocycles. The normalized spacial score (nSPS) is 17.6. The number of ketones is 1. The molecule has 1 atom stereocenters. The Bertz CT molecular complexity index is 669. The van der Waals surface area contributed by atoms with E-state index in [4.69, 9.17) is 0 Å². The first-order valence-corrected chi connectivity index (χ1v) is 6.47. The number of hydrogen-bond acceptors (Lipinski definition) is 2. The average molecular weight is 273 g/mol. The van der Waals surface area contributed by atoms with Gasteiger partial charge in [-0.25, -0.2) is 8.78 Å². The summed E-state index contributed by atoms with van der Waals surface area (Å²) in [6.07, 6.45) is 0.825. The van der Waals surface area contributed by atoms with Crippen LogP contribution in [-0.4, -0.2) is 12.3 Å². The second kappa shape index (κ2) is 5.13. The fraction of sp³-hybridized carbons (Fsp3) is 0.188. The maximum absolute atomic E-state index is 13.7. The fourth-order valence-corrected chi connectivity index (χ4v) is 2.58. The molecule has 0 saturated carbocycles. The Labute approximate surface area is 115 Å². The summed E-state index contributed by atoms with van der Waals surface area (Å²) in [6, 6.07) is 9.89. The van der Waals surface area contributed by atoms with Crippen molar-refractivity contribution in [1.82, 2.24) is 5.32 Å². The van der Waals surface area contributed by atoms with Gasteiger partial charge in [0, 0.05) is 6.54 Å². The predicted octanol–water partition coefficient (Wildman–Crippen LogP) is 3.03. The van der Waals surface area contributed by atoms with Gasteiger partial charge in [0.25, 0.3) is 0 Å². The van der Waals surface area contributed by atoms with Crippen molar-refractivity contribution in [2.45, 2.75) is 12.5 Å². The van der Waals surface area contributed by atoms with Gasteiger partial charge in [0.2, 0.25) is 0 Å². The van der Waals surface area contributed by atoms with Gasteiger partial charge < -0.3 is 5.32 Å². The van der Waals surface area contributed by atoms with Crippen molar-refractivity contribution in [3.63, 3.8) is 0 Å². The van der Waals surface area contributed by atoms with Gasteiger partial charge in [-0.2, -0.15) is 0 Å². The maximum Gasteiger partial charge on any atom is 0.187 e. The summed E-state index contributed by atoms with van der Waals surface area (Å²) in [5.41, 5.74) is 1.70. The quantitative estimate of drug-likeness (QED) is 0.852. The molecule has 0 spiro atoms. The molecule has 3 rings (SSSR count). The van der Waals surface area contributed by atoms with Crippen LogP contribution in [0.1, 0.15) is 27.5 Å². The molecule has 1 unspecified atom stereocenters. The number of fused-ring (bicyclic) bond motifs is 1. The van der Waals surface area contributed by atoms with E-state index in [9.17, 15) is 13.6 Å². The predicted molar refractivity (Wildman–Crippen MR) is 71.6 cm³/mol. The lowest BCUT2D eigenvalue weighted by Gasteiger charge is -2.26. The van der Waals surface area contributed by atoms with Gasteiger partial charge in [-0.15, -0.1) is 0 Å². The van der Waals surface area contributed by atoms with Gasteiger partial charge in [0.05, 0.1) is 11.6 Å². The number of nitrogens with one attached hydrogen (secondary N) is 1. The monoisotopic (exact) mass is 273 g/mol. The van der Waals surface area contributed by atoms with Crippen LogP contribution in [-0.2, 0) is 6.42 Å². The molecular formula is C16H13F2NO. The maximum atomic E-state index is 13.7. The van der Waals surface area contributed by atoms with Crippen molar-refractivity contribution < 1.29 is 13.6 Å². The van der Waals surface area contributed by atoms with Crippen LogP contribution in [0.25, 0.3) is 0 Å². The number of halogens is 2. The van der Waals surface area contributed by atoms with Gasteiger partial charge in [0.1, 0.15) is 11.6 Å². The molecule has 2 aromatic rings. The number of carbonyl (C=O) groups is 1. The van der Waals surface area contributed by atoms with Crippen molar-refractivity contribution in [1.29, 1.82) is 0 Å². The van der Waals surface area contributed by atoms with Crippen LogP contribution in [0.15, 0.2) is 42.5 Å². The van der Waals surface area contributed by atoms with Crippen molar-refractivity contribution >= 4 is 5.78 Å². The van der Waals surface area contributed by atoms with Crippen LogP contribution in [0.5, 0.6) is 0 Å². The van der Waals surface area contributed by atoms with E-state index in [2.05, 4.69) is 5.32 Å². The fourth-order valence-electron chi connectivity index (χ4n) is 2.58. The smallest absolute Gasteiger partial charge is 0.187 e. The lowest BCUT2D eigenvalue weighted by molar-refractivity contribution is 0.0935. The summed E-state index contributed by atoms with van der Waals surface area (Å²) in [7, 11) is 0. The molecule has 2 aromatic carbocycles. The zero-order chi connectivity index (χ0) is 14.1. The molecular weight excluding hydrogens is 260 g/mol. The molecule has 0 saturated heterocycles. The standard InChI is InChI=1S/C16H13F2NO/c17-11-5-6-14(18)13(9-11)16(20)15-12-4-2-1-3-10(12)7-8-19-15/h1-6,9,15,19H,7-8H2. The van der Waals surface area contributed by atoms with Gasteiger partial charge in [0.15, 0.2) is 5.78 Å². The van der Waals surface area contributed by atoms with Gasteiger partial charge >= 0.3 is 0 Å². The molecule has 4 heteroatoms. The minimum Gasteiger partial charge on any atom is -0.303 e. The van der Waals surface area contributed by atoms with E-state index in [0.717, 1.165) is 35.7 Å². The van der Waals surface area contributed by atoms with Gasteiger partial charge in [-0.3, -0.25) is 4.79 Å². The average Bonchev–Trinajstić information content (AvgIpc) is 2.48. The molecule has 2 nitrogen and oxygen atoms in total. The summed E-state index contributed by atoms with van der Waals surface area (Å²) >= 11 is 0. The highest BCUT2D eigenvalue weighted by atomic mass is 19.1. The Kier molecular flexibility index (Phi) is 3.32. The van der Waals surface area contributed by atoms with E-state index in [1.165, 1.54) is 0 Å². The van der Waals surface area contributed by atoms with E-state index in [1.54, 1.807) is 0 Å². The first kappa shape index (κ1) is 12.9. The van der Waals surface area contributed by atoms with Gasteiger partial charge in [-0.05, 0) is 35.7 Å². The molecule has 102 valence electrons. The highest BCUT2D eigenvalue weighted by molar-refractivity contribution is 6.01. The molecule has 1 N–H and O–H groups in total. The Morgan fingerprint density at radius 3 is 2.80 bits per heavy atom. The summed E-state index contributed by atoms with van der Waals surface area (Å²) in [6.45, 7) is 0.643. The summed E-state index contributed by atoms with van der Waals surface area (Å²) in [5.74, 6) is -1.74. The Hall–Kier alpha value is -2.07. The molecule has 0 amide bonds. The molecule has 0 bridgehead atoms. The number of hydrogen-bond donors (Lipinski definition) is 1. The van der Waals surface area contributed by atoms with Crippen molar-refractivity contribution in [3.05, 3.63) is 70.8 Å². The van der Waals surface area contributed by atoms with Crippen molar-refractivity contribution in [3.8, 4) is 0 Å². The van der Waals surface area contributed by atoms with Crippen molar-refractivity contribution in [2.24, 2.45) is 0 Å². The third-order valence-corrected chi connectivity index (χ3v) is 3.56. The summed E-state index contributed by atoms with van der Waals surface area (Å²) in [5, 5.41) is 3.08. The van der Waals surface area contributed by atoms with Crippen LogP contribution < -0.4 is 5.32 Å². The number of carbonyl (C=O) groups excluding carboxylic acids is 1. The second-order valence-electron chi connectivity index (χ2n) is 4.82. The minimum absolute atomic E-state index is 0.209. The van der Waals surface area contributed by atoms with E-state index < -0.39 is 23.5 Å². The molecule has 0 radical (unpaired) electrons. The number of benzene rings is 2. The van der Waals surface area contributed by atoms with E-state index in [0.29, 0.717) is 6.54 Å². The minimum atomic E-state index is -0.693. The third kappa shape index (κ3) is 2.23. The van der Waals surface area contributed by atoms with Crippen molar-refractivity contribution in [2.75, 3.05) is 6.54 Å². The first-order valence-electron chi connectivity index (χ1n) is 6.47. The van der Waals surface area contributed by atoms with Gasteiger partial charge in [-0.1, -0.05) is 24.3 Å². The Balaban J connectivity index is 2.02. The molecule has 20 heavy (non-hydrogen) atoms. The number of Topliss-reactive ketones (excluding diaryl/α,β-unsaturated/α-hetero) is 1. The van der Waals surface area contributed by atoms with E-state index in [-0.39, 0.29) is 5.56 Å². The topological polar surface area (TPSA) is 29.1 Å².